The van der Waals surface area contributed by atoms with E-state index in [4.69, 9.17) is 23.2 Å². The number of halogens is 4. The fraction of sp³-hybridized carbons (Fsp3) is 0.240. The molecule has 4 nitrogen and oxygen atoms in total. The second-order valence-electron chi connectivity index (χ2n) is 8.08. The van der Waals surface area contributed by atoms with Crippen LogP contribution in [0.1, 0.15) is 28.8 Å². The quantitative estimate of drug-likeness (QED) is 0.509. The van der Waals surface area contributed by atoms with Crippen LogP contribution in [-0.4, -0.2) is 35.5 Å². The Morgan fingerprint density at radius 3 is 2.39 bits per heavy atom. The van der Waals surface area contributed by atoms with Crippen molar-refractivity contribution < 1.29 is 18.7 Å². The molecule has 0 aromatic heterocycles. The zero-order valence-electron chi connectivity index (χ0n) is 17.8. The summed E-state index contributed by atoms with van der Waals surface area (Å²) in [6, 6.07) is 15.9. The van der Waals surface area contributed by atoms with Crippen LogP contribution in [0, 0.1) is 18.6 Å². The van der Waals surface area contributed by atoms with Crippen LogP contribution in [0.3, 0.4) is 0 Å². The number of amides is 1. The van der Waals surface area contributed by atoms with Gasteiger partial charge in [-0.1, -0.05) is 47.5 Å². The van der Waals surface area contributed by atoms with Crippen molar-refractivity contribution in [3.8, 4) is 0 Å². The lowest BCUT2D eigenvalue weighted by molar-refractivity contribution is -0.141. The van der Waals surface area contributed by atoms with Crippen molar-refractivity contribution in [2.45, 2.75) is 19.1 Å². The van der Waals surface area contributed by atoms with Crippen molar-refractivity contribution in [1.82, 2.24) is 4.90 Å². The molecule has 8 heteroatoms. The van der Waals surface area contributed by atoms with Gasteiger partial charge in [-0.2, -0.15) is 0 Å². The summed E-state index contributed by atoms with van der Waals surface area (Å²) in [7, 11) is 0. The summed E-state index contributed by atoms with van der Waals surface area (Å²) >= 11 is 12.6. The van der Waals surface area contributed by atoms with E-state index < -0.39 is 23.6 Å². The zero-order valence-corrected chi connectivity index (χ0v) is 19.3. The van der Waals surface area contributed by atoms with E-state index in [0.29, 0.717) is 23.1 Å². The van der Waals surface area contributed by atoms with Gasteiger partial charge in [0.25, 0.3) is 5.91 Å². The fourth-order valence-electron chi connectivity index (χ4n) is 4.08. The molecule has 1 aliphatic heterocycles. The van der Waals surface area contributed by atoms with E-state index in [1.807, 2.05) is 37.3 Å². The van der Waals surface area contributed by atoms with Crippen molar-refractivity contribution in [3.05, 3.63) is 99.0 Å². The molecule has 1 heterocycles. The number of carbonyl (C=O) groups excluding carboxylic acids is 1. The zero-order chi connectivity index (χ0) is 23.7. The van der Waals surface area contributed by atoms with Gasteiger partial charge in [0.15, 0.2) is 17.7 Å². The lowest BCUT2D eigenvalue weighted by atomic mass is 9.99. The SMILES string of the molecule is Cc1ccc(N2CCN(C(=O)C(O)c3ccc(F)c(F)c3)C[C@H]2c2ccc(Cl)cc2)c(Cl)c1. The number of aliphatic hydroxyl groups is 1. The first-order valence-corrected chi connectivity index (χ1v) is 11.2. The van der Waals surface area contributed by atoms with Crippen molar-refractivity contribution >= 4 is 34.8 Å². The number of hydrogen-bond acceptors (Lipinski definition) is 3. The Hall–Kier alpha value is -2.67. The minimum Gasteiger partial charge on any atom is -0.378 e. The van der Waals surface area contributed by atoms with Crippen LogP contribution in [-0.2, 0) is 4.79 Å². The van der Waals surface area contributed by atoms with E-state index in [2.05, 4.69) is 4.90 Å². The summed E-state index contributed by atoms with van der Waals surface area (Å²) in [5.74, 6) is -2.73. The summed E-state index contributed by atoms with van der Waals surface area (Å²) in [6.45, 7) is 3.02. The second-order valence-corrected chi connectivity index (χ2v) is 8.92. The first kappa shape index (κ1) is 23.5. The molecule has 1 amide bonds. The Morgan fingerprint density at radius 1 is 1.00 bits per heavy atom. The van der Waals surface area contributed by atoms with Gasteiger partial charge in [-0.15, -0.1) is 0 Å². The molecule has 3 aromatic carbocycles. The molecule has 4 rings (SSSR count). The molecule has 3 aromatic rings. The Labute approximate surface area is 201 Å². The van der Waals surface area contributed by atoms with E-state index >= 15 is 0 Å². The topological polar surface area (TPSA) is 43.8 Å². The van der Waals surface area contributed by atoms with E-state index in [0.717, 1.165) is 28.9 Å². The smallest absolute Gasteiger partial charge is 0.256 e. The summed E-state index contributed by atoms with van der Waals surface area (Å²) in [5, 5.41) is 11.8. The van der Waals surface area contributed by atoms with Gasteiger partial charge in [-0.3, -0.25) is 4.79 Å². The average Bonchev–Trinajstić information content (AvgIpc) is 2.80. The minimum absolute atomic E-state index is 0.00551. The molecule has 172 valence electrons. The van der Waals surface area contributed by atoms with Crippen molar-refractivity contribution in [1.29, 1.82) is 0 Å². The molecule has 1 N–H and O–H groups in total. The van der Waals surface area contributed by atoms with Crippen molar-refractivity contribution in [3.63, 3.8) is 0 Å². The molecule has 0 spiro atoms. The highest BCUT2D eigenvalue weighted by atomic mass is 35.5. The normalized spacial score (nSPS) is 17.2. The van der Waals surface area contributed by atoms with Crippen LogP contribution >= 0.6 is 23.2 Å². The number of hydrogen-bond donors (Lipinski definition) is 1. The molecule has 1 unspecified atom stereocenters. The van der Waals surface area contributed by atoms with Crippen LogP contribution in [0.5, 0.6) is 0 Å². The van der Waals surface area contributed by atoms with Gasteiger partial charge in [0.1, 0.15) is 0 Å². The highest BCUT2D eigenvalue weighted by molar-refractivity contribution is 6.33. The van der Waals surface area contributed by atoms with Crippen LogP contribution in [0.4, 0.5) is 14.5 Å². The minimum atomic E-state index is -1.60. The maximum atomic E-state index is 13.6. The van der Waals surface area contributed by atoms with E-state index in [1.54, 1.807) is 12.1 Å². The number of aliphatic hydroxyl groups excluding tert-OH is 1. The standard InChI is InChI=1S/C25H22Cl2F2N2O2/c1-15-2-9-22(19(27)12-15)31-11-10-30(14-23(31)16-3-6-18(26)7-4-16)25(33)24(32)17-5-8-20(28)21(29)13-17/h2-9,12-13,23-24,32H,10-11,14H2,1H3/t23-,24?/m0/s1. The predicted octanol–water partition coefficient (Wildman–Crippen LogP) is 5.70. The third kappa shape index (κ3) is 4.98. The first-order chi connectivity index (χ1) is 15.7. The van der Waals surface area contributed by atoms with E-state index in [9.17, 15) is 18.7 Å². The van der Waals surface area contributed by atoms with Gasteiger partial charge in [-0.25, -0.2) is 8.78 Å². The summed E-state index contributed by atoms with van der Waals surface area (Å²) in [4.78, 5) is 16.7. The Bertz CT molecular complexity index is 1170. The molecule has 2 atom stereocenters. The molecular weight excluding hydrogens is 469 g/mol. The monoisotopic (exact) mass is 490 g/mol. The third-order valence-corrected chi connectivity index (χ3v) is 6.41. The number of aryl methyl sites for hydroxylation is 1. The van der Waals surface area contributed by atoms with Gasteiger partial charge >= 0.3 is 0 Å². The van der Waals surface area contributed by atoms with Crippen molar-refractivity contribution in [2.75, 3.05) is 24.5 Å². The molecule has 1 saturated heterocycles. The number of piperazine rings is 1. The van der Waals surface area contributed by atoms with Gasteiger partial charge in [0, 0.05) is 24.7 Å². The lowest BCUT2D eigenvalue weighted by Gasteiger charge is -2.44. The fourth-order valence-corrected chi connectivity index (χ4v) is 4.55. The number of rotatable bonds is 4. The van der Waals surface area contributed by atoms with Gasteiger partial charge in [0.05, 0.1) is 16.8 Å². The maximum absolute atomic E-state index is 13.6. The molecule has 1 fully saturated rings. The highest BCUT2D eigenvalue weighted by Gasteiger charge is 2.34. The maximum Gasteiger partial charge on any atom is 0.256 e. The molecular formula is C25H22Cl2F2N2O2. The number of anilines is 1. The number of nitrogens with zero attached hydrogens (tertiary/aromatic N) is 2. The molecule has 0 radical (unpaired) electrons. The average molecular weight is 491 g/mol. The summed E-state index contributed by atoms with van der Waals surface area (Å²) in [5.41, 5.74) is 2.81. The van der Waals surface area contributed by atoms with Crippen LogP contribution in [0.2, 0.25) is 10.0 Å². The van der Waals surface area contributed by atoms with Crippen LogP contribution in [0.25, 0.3) is 0 Å². The van der Waals surface area contributed by atoms with E-state index in [1.165, 1.54) is 11.0 Å². The molecule has 0 bridgehead atoms. The van der Waals surface area contributed by atoms with Crippen molar-refractivity contribution in [2.24, 2.45) is 0 Å². The van der Waals surface area contributed by atoms with Crippen LogP contribution < -0.4 is 4.90 Å². The van der Waals surface area contributed by atoms with Gasteiger partial charge in [-0.05, 0) is 60.0 Å². The highest BCUT2D eigenvalue weighted by Crippen LogP contribution is 2.36. The summed E-state index contributed by atoms with van der Waals surface area (Å²) < 4.78 is 26.9. The van der Waals surface area contributed by atoms with Gasteiger partial charge in [0.2, 0.25) is 0 Å². The third-order valence-electron chi connectivity index (χ3n) is 5.85. The largest absolute Gasteiger partial charge is 0.378 e. The summed E-state index contributed by atoms with van der Waals surface area (Å²) in [6.07, 6.45) is -1.60. The van der Waals surface area contributed by atoms with Crippen LogP contribution in [0.15, 0.2) is 60.7 Å². The lowest BCUT2D eigenvalue weighted by Crippen LogP contribution is -2.51. The Morgan fingerprint density at radius 2 is 1.73 bits per heavy atom. The Balaban J connectivity index is 1.63. The molecule has 0 aliphatic carbocycles. The number of benzene rings is 3. The Kier molecular flexibility index (Phi) is 6.88. The van der Waals surface area contributed by atoms with Gasteiger partial charge < -0.3 is 14.9 Å². The molecule has 0 saturated carbocycles. The molecule has 33 heavy (non-hydrogen) atoms. The predicted molar refractivity (Wildman–Crippen MR) is 126 cm³/mol. The first-order valence-electron chi connectivity index (χ1n) is 10.4. The second kappa shape index (κ2) is 9.67. The van der Waals surface area contributed by atoms with E-state index in [-0.39, 0.29) is 18.2 Å². The number of carbonyl (C=O) groups is 1. The molecule has 1 aliphatic rings.